The first-order valence-corrected chi connectivity index (χ1v) is 10.6. The largest absolute Gasteiger partial charge is 0.0683 e. The Morgan fingerprint density at radius 3 is 1.86 bits per heavy atom. The maximum atomic E-state index is 2.40. The van der Waals surface area contributed by atoms with Gasteiger partial charge in [-0.05, 0) is 72.8 Å². The van der Waals surface area contributed by atoms with Gasteiger partial charge < -0.3 is 0 Å². The molecule has 1 aliphatic rings. The lowest BCUT2D eigenvalue weighted by Crippen LogP contribution is -2.23. The highest BCUT2D eigenvalue weighted by molar-refractivity contribution is 6.17. The van der Waals surface area contributed by atoms with Crippen molar-refractivity contribution in [3.8, 4) is 11.1 Å². The molecule has 0 nitrogen and oxygen atoms in total. The van der Waals surface area contributed by atoms with E-state index in [4.69, 9.17) is 0 Å². The van der Waals surface area contributed by atoms with Crippen molar-refractivity contribution in [2.75, 3.05) is 0 Å². The Morgan fingerprint density at radius 2 is 1.10 bits per heavy atom. The molecule has 0 atom stereocenters. The Balaban J connectivity index is 0.000000882. The van der Waals surface area contributed by atoms with Gasteiger partial charge in [-0.1, -0.05) is 94.4 Å². The van der Waals surface area contributed by atoms with Crippen LogP contribution in [0.5, 0.6) is 0 Å². The van der Waals surface area contributed by atoms with Gasteiger partial charge in [-0.25, -0.2) is 0 Å². The van der Waals surface area contributed by atoms with Crippen LogP contribution in [0.2, 0.25) is 0 Å². The second-order valence-electron chi connectivity index (χ2n) is 8.24. The first-order chi connectivity index (χ1) is 14.1. The Bertz CT molecular complexity index is 1390. The number of fused-ring (bicyclic) bond motifs is 5. The van der Waals surface area contributed by atoms with Gasteiger partial charge in [0.15, 0.2) is 0 Å². The average molecular weight is 375 g/mol. The quantitative estimate of drug-likeness (QED) is 0.238. The van der Waals surface area contributed by atoms with Crippen molar-refractivity contribution >= 4 is 32.3 Å². The zero-order chi connectivity index (χ0) is 20.2. The molecule has 1 aliphatic carbocycles. The highest BCUT2D eigenvalue weighted by Crippen LogP contribution is 2.50. The monoisotopic (exact) mass is 374 g/mol. The molecule has 29 heavy (non-hydrogen) atoms. The third-order valence-electron chi connectivity index (χ3n) is 6.41. The van der Waals surface area contributed by atoms with E-state index in [0.29, 0.717) is 0 Å². The predicted molar refractivity (Wildman–Crippen MR) is 128 cm³/mol. The fourth-order valence-electron chi connectivity index (χ4n) is 5.02. The predicted octanol–water partition coefficient (Wildman–Crippen LogP) is 8.48. The van der Waals surface area contributed by atoms with Crippen LogP contribution in [0.25, 0.3) is 43.4 Å². The van der Waals surface area contributed by atoms with Crippen LogP contribution in [0.1, 0.15) is 38.8 Å². The normalized spacial score (nSPS) is 13.8. The van der Waals surface area contributed by atoms with Crippen LogP contribution in [0.4, 0.5) is 0 Å². The first-order valence-electron chi connectivity index (χ1n) is 10.6. The van der Waals surface area contributed by atoms with Gasteiger partial charge in [0.25, 0.3) is 0 Å². The molecule has 0 aromatic heterocycles. The molecule has 5 aromatic rings. The lowest BCUT2D eigenvalue weighted by atomic mass is 9.67. The zero-order valence-corrected chi connectivity index (χ0v) is 17.6. The van der Waals surface area contributed by atoms with Crippen molar-refractivity contribution in [3.63, 3.8) is 0 Å². The molecule has 0 aliphatic heterocycles. The van der Waals surface area contributed by atoms with E-state index in [1.807, 2.05) is 13.8 Å². The molecule has 0 N–H and O–H groups in total. The third-order valence-corrected chi connectivity index (χ3v) is 6.41. The van der Waals surface area contributed by atoms with Crippen molar-refractivity contribution in [3.05, 3.63) is 96.1 Å². The standard InChI is InChI=1S/C27H20.C2H6/c1-27(2)24-13-7-12-21-20-11-6-5-10-19(20)15-23(26(21)24)22-14-17-8-3-4-9-18(17)16-25(22)27;1-2/h3-16H,1-2H3;1-2H3. The minimum absolute atomic E-state index is 0.0195. The molecular weight excluding hydrogens is 348 g/mol. The molecule has 0 bridgehead atoms. The summed E-state index contributed by atoms with van der Waals surface area (Å²) in [6, 6.07) is 31.5. The summed E-state index contributed by atoms with van der Waals surface area (Å²) in [5, 5.41) is 8.08. The number of hydrogen-bond acceptors (Lipinski definition) is 0. The van der Waals surface area contributed by atoms with E-state index >= 15 is 0 Å². The van der Waals surface area contributed by atoms with Crippen LogP contribution in [-0.4, -0.2) is 0 Å². The topological polar surface area (TPSA) is 0 Å². The third kappa shape index (κ3) is 2.45. The van der Waals surface area contributed by atoms with Crippen LogP contribution in [-0.2, 0) is 5.41 Å². The Morgan fingerprint density at radius 1 is 0.517 bits per heavy atom. The van der Waals surface area contributed by atoms with Gasteiger partial charge in [0.05, 0.1) is 0 Å². The van der Waals surface area contributed by atoms with E-state index < -0.39 is 0 Å². The van der Waals surface area contributed by atoms with Crippen LogP contribution >= 0.6 is 0 Å². The summed E-state index contributed by atoms with van der Waals surface area (Å²) in [6.07, 6.45) is 0. The van der Waals surface area contributed by atoms with Gasteiger partial charge >= 0.3 is 0 Å². The van der Waals surface area contributed by atoms with Crippen LogP contribution in [0.15, 0.2) is 84.9 Å². The van der Waals surface area contributed by atoms with E-state index in [0.717, 1.165) is 0 Å². The molecule has 5 aromatic carbocycles. The fraction of sp³-hybridized carbons (Fsp3) is 0.172. The SMILES string of the molecule is CC.CC1(C)c2cc3ccccc3cc2-c2cc3ccccc3c3cccc1c23. The van der Waals surface area contributed by atoms with Crippen molar-refractivity contribution < 1.29 is 0 Å². The molecule has 0 saturated carbocycles. The second kappa shape index (κ2) is 6.46. The highest BCUT2D eigenvalue weighted by Gasteiger charge is 2.33. The molecule has 0 spiro atoms. The van der Waals surface area contributed by atoms with Crippen molar-refractivity contribution in [2.24, 2.45) is 0 Å². The molecule has 0 heteroatoms. The summed E-state index contributed by atoms with van der Waals surface area (Å²) in [7, 11) is 0. The second-order valence-corrected chi connectivity index (χ2v) is 8.24. The van der Waals surface area contributed by atoms with Crippen LogP contribution < -0.4 is 0 Å². The number of rotatable bonds is 0. The summed E-state index contributed by atoms with van der Waals surface area (Å²) in [6.45, 7) is 8.74. The van der Waals surface area contributed by atoms with E-state index in [1.165, 1.54) is 54.6 Å². The van der Waals surface area contributed by atoms with E-state index in [9.17, 15) is 0 Å². The number of hydrogen-bond donors (Lipinski definition) is 0. The minimum atomic E-state index is -0.0195. The summed E-state index contributed by atoms with van der Waals surface area (Å²) < 4.78 is 0. The van der Waals surface area contributed by atoms with Crippen LogP contribution in [0, 0.1) is 0 Å². The summed E-state index contributed by atoms with van der Waals surface area (Å²) in [5.74, 6) is 0. The lowest BCUT2D eigenvalue weighted by molar-refractivity contribution is 0.646. The first kappa shape index (κ1) is 17.9. The van der Waals surface area contributed by atoms with Gasteiger partial charge in [-0.2, -0.15) is 0 Å². The Labute approximate surface area is 172 Å². The molecule has 0 unspecified atom stereocenters. The highest BCUT2D eigenvalue weighted by atomic mass is 14.4. The van der Waals surface area contributed by atoms with Crippen LogP contribution in [0.3, 0.4) is 0 Å². The molecule has 0 saturated heterocycles. The fourth-order valence-corrected chi connectivity index (χ4v) is 5.02. The summed E-state index contributed by atoms with van der Waals surface area (Å²) in [5.41, 5.74) is 5.60. The average Bonchev–Trinajstić information content (AvgIpc) is 2.78. The molecule has 0 heterocycles. The molecule has 0 fully saturated rings. The maximum absolute atomic E-state index is 2.40. The molecule has 142 valence electrons. The van der Waals surface area contributed by atoms with E-state index in [-0.39, 0.29) is 5.41 Å². The Kier molecular flexibility index (Phi) is 3.99. The number of benzene rings is 5. The van der Waals surface area contributed by atoms with Gasteiger partial charge in [-0.15, -0.1) is 0 Å². The minimum Gasteiger partial charge on any atom is -0.0683 e. The van der Waals surface area contributed by atoms with Gasteiger partial charge in [0, 0.05) is 5.41 Å². The van der Waals surface area contributed by atoms with Crippen molar-refractivity contribution in [1.29, 1.82) is 0 Å². The summed E-state index contributed by atoms with van der Waals surface area (Å²) in [4.78, 5) is 0. The zero-order valence-electron chi connectivity index (χ0n) is 17.6. The van der Waals surface area contributed by atoms with Crippen molar-refractivity contribution in [1.82, 2.24) is 0 Å². The molecule has 0 radical (unpaired) electrons. The summed E-state index contributed by atoms with van der Waals surface area (Å²) >= 11 is 0. The van der Waals surface area contributed by atoms with Crippen molar-refractivity contribution in [2.45, 2.75) is 33.1 Å². The molecule has 0 amide bonds. The van der Waals surface area contributed by atoms with Gasteiger partial charge in [0.1, 0.15) is 0 Å². The maximum Gasteiger partial charge on any atom is 0.0159 e. The molecular formula is C29H26. The van der Waals surface area contributed by atoms with E-state index in [2.05, 4.69) is 98.8 Å². The molecule has 6 rings (SSSR count). The van der Waals surface area contributed by atoms with E-state index in [1.54, 1.807) is 0 Å². The van der Waals surface area contributed by atoms with Gasteiger partial charge in [0.2, 0.25) is 0 Å². The Hall–Kier alpha value is -3.12. The lowest BCUT2D eigenvalue weighted by Gasteiger charge is -2.35. The van der Waals surface area contributed by atoms with Gasteiger partial charge in [-0.3, -0.25) is 0 Å². The smallest absolute Gasteiger partial charge is 0.0159 e.